The van der Waals surface area contributed by atoms with E-state index in [4.69, 9.17) is 0 Å². The molecule has 0 aromatic heterocycles. The van der Waals surface area contributed by atoms with Crippen LogP contribution in [-0.4, -0.2) is 24.0 Å². The summed E-state index contributed by atoms with van der Waals surface area (Å²) in [5, 5.41) is 0. The molecule has 1 aliphatic carbocycles. The highest BCUT2D eigenvalue weighted by Crippen LogP contribution is 2.69. The van der Waals surface area contributed by atoms with Gasteiger partial charge in [-0.15, -0.1) is 0 Å². The molecule has 5 atom stereocenters. The molecule has 1 fully saturated rings. The molecule has 2 aliphatic rings. The van der Waals surface area contributed by atoms with Gasteiger partial charge in [0.25, 0.3) is 0 Å². The van der Waals surface area contributed by atoms with E-state index >= 15 is 0 Å². The summed E-state index contributed by atoms with van der Waals surface area (Å²) in [5.41, 5.74) is 5.38. The highest BCUT2D eigenvalue weighted by Gasteiger charge is 2.68. The number of benzene rings is 1. The minimum atomic E-state index is 0.184. The van der Waals surface area contributed by atoms with Crippen molar-refractivity contribution in [3.05, 3.63) is 34.9 Å². The first kappa shape index (κ1) is 18.0. The Kier molecular flexibility index (Phi) is 3.82. The molecule has 1 saturated heterocycles. The fraction of sp³-hybridized carbons (Fsp3) is 0.739. The molecule has 2 bridgehead atoms. The molecular formula is C23H37N. The Hall–Kier alpha value is -0.820. The summed E-state index contributed by atoms with van der Waals surface area (Å²) in [6.45, 7) is 22.3. The molecule has 3 rings (SSSR count). The highest BCUT2D eigenvalue weighted by atomic mass is 15.2. The van der Waals surface area contributed by atoms with Crippen molar-refractivity contribution in [3.8, 4) is 0 Å². The largest absolute Gasteiger partial charge is 0.299 e. The summed E-state index contributed by atoms with van der Waals surface area (Å²) in [6.07, 6.45) is 0. The van der Waals surface area contributed by atoms with Gasteiger partial charge in [0.2, 0.25) is 0 Å². The summed E-state index contributed by atoms with van der Waals surface area (Å²) < 4.78 is 0. The van der Waals surface area contributed by atoms with Crippen molar-refractivity contribution in [1.82, 2.24) is 4.90 Å². The van der Waals surface area contributed by atoms with Crippen molar-refractivity contribution in [2.45, 2.75) is 85.7 Å². The Morgan fingerprint density at radius 3 is 2.17 bits per heavy atom. The number of hydrogen-bond donors (Lipinski definition) is 0. The minimum Gasteiger partial charge on any atom is -0.299 e. The molecule has 0 saturated carbocycles. The molecule has 1 aromatic carbocycles. The van der Waals surface area contributed by atoms with Gasteiger partial charge < -0.3 is 0 Å². The predicted octanol–water partition coefficient (Wildman–Crippen LogP) is 5.76. The molecule has 0 radical (unpaired) electrons. The lowest BCUT2D eigenvalue weighted by Crippen LogP contribution is -2.74. The Labute approximate surface area is 149 Å². The van der Waals surface area contributed by atoms with Crippen LogP contribution in [-0.2, 0) is 5.41 Å². The fourth-order valence-electron chi connectivity index (χ4n) is 7.63. The smallest absolute Gasteiger partial charge is 0.0221 e. The van der Waals surface area contributed by atoms with Gasteiger partial charge in [0.15, 0.2) is 0 Å². The summed E-state index contributed by atoms with van der Waals surface area (Å²) in [4.78, 5) is 2.69. The van der Waals surface area contributed by atoms with Gasteiger partial charge in [-0.1, -0.05) is 66.7 Å². The molecular weight excluding hydrogens is 290 g/mol. The summed E-state index contributed by atoms with van der Waals surface area (Å²) in [5.74, 6) is 1.19. The van der Waals surface area contributed by atoms with Crippen molar-refractivity contribution in [2.75, 3.05) is 7.05 Å². The van der Waals surface area contributed by atoms with Crippen LogP contribution in [0.5, 0.6) is 0 Å². The van der Waals surface area contributed by atoms with Crippen LogP contribution in [0.15, 0.2) is 18.2 Å². The van der Waals surface area contributed by atoms with Crippen molar-refractivity contribution in [1.29, 1.82) is 0 Å². The molecule has 1 aliphatic heterocycles. The number of fused-ring (bicyclic) bond motifs is 4. The summed E-state index contributed by atoms with van der Waals surface area (Å²) in [6, 6.07) is 8.19. The third-order valence-electron chi connectivity index (χ3n) is 8.09. The summed E-state index contributed by atoms with van der Waals surface area (Å²) >= 11 is 0. The molecule has 0 spiro atoms. The van der Waals surface area contributed by atoms with E-state index in [9.17, 15) is 0 Å². The second-order valence-corrected chi connectivity index (χ2v) is 10.2. The van der Waals surface area contributed by atoms with E-state index in [2.05, 4.69) is 92.5 Å². The van der Waals surface area contributed by atoms with E-state index in [1.165, 1.54) is 5.56 Å². The average molecular weight is 328 g/mol. The van der Waals surface area contributed by atoms with E-state index in [0.29, 0.717) is 23.9 Å². The first-order valence-corrected chi connectivity index (χ1v) is 9.72. The van der Waals surface area contributed by atoms with Crippen molar-refractivity contribution >= 4 is 0 Å². The Morgan fingerprint density at radius 2 is 1.62 bits per heavy atom. The van der Waals surface area contributed by atoms with E-state index < -0.39 is 0 Å². The predicted molar refractivity (Wildman–Crippen MR) is 105 cm³/mol. The SMILES string of the molecule is Cc1cccc2c1[C@]1(C(C)(C)C)C(C)C(C)N(C)[C@@H](C2C)C1(C)C. The van der Waals surface area contributed by atoms with Gasteiger partial charge in [-0.05, 0) is 60.3 Å². The molecule has 1 aromatic rings. The van der Waals surface area contributed by atoms with Gasteiger partial charge in [-0.3, -0.25) is 4.90 Å². The Balaban J connectivity index is 2.50. The number of aryl methyl sites for hydroxylation is 1. The van der Waals surface area contributed by atoms with Crippen LogP contribution in [0.3, 0.4) is 0 Å². The third kappa shape index (κ3) is 1.80. The van der Waals surface area contributed by atoms with Crippen LogP contribution in [0.4, 0.5) is 0 Å². The van der Waals surface area contributed by atoms with Crippen molar-refractivity contribution in [3.63, 3.8) is 0 Å². The number of rotatable bonds is 0. The van der Waals surface area contributed by atoms with Crippen LogP contribution < -0.4 is 0 Å². The zero-order chi connectivity index (χ0) is 18.2. The topological polar surface area (TPSA) is 3.24 Å². The number of likely N-dealkylation sites (N-methyl/N-ethyl adjacent to an activating group) is 1. The van der Waals surface area contributed by atoms with E-state index in [1.807, 2.05) is 0 Å². The molecule has 1 heteroatoms. The quantitative estimate of drug-likeness (QED) is 0.585. The second-order valence-electron chi connectivity index (χ2n) is 10.2. The van der Waals surface area contributed by atoms with Crippen LogP contribution >= 0.6 is 0 Å². The van der Waals surface area contributed by atoms with Gasteiger partial charge in [-0.25, -0.2) is 0 Å². The first-order chi connectivity index (χ1) is 10.9. The fourth-order valence-corrected chi connectivity index (χ4v) is 7.63. The number of nitrogens with zero attached hydrogens (tertiary/aromatic N) is 1. The zero-order valence-corrected chi connectivity index (χ0v) is 17.5. The zero-order valence-electron chi connectivity index (χ0n) is 17.5. The van der Waals surface area contributed by atoms with Gasteiger partial charge in [0.05, 0.1) is 0 Å². The normalized spacial score (nSPS) is 38.8. The number of piperidine rings is 1. The standard InChI is InChI=1S/C23H37N/c1-14-12-11-13-18-15(2)20-22(8,9)23(19(14)18,21(5,6)7)16(3)17(4)24(20)10/h11-13,15-17,20H,1-10H3/t15?,16?,17?,20-,23-/m0/s1. The Morgan fingerprint density at radius 1 is 1.04 bits per heavy atom. The van der Waals surface area contributed by atoms with Gasteiger partial charge >= 0.3 is 0 Å². The number of likely N-dealkylation sites (tertiary alicyclic amines) is 1. The highest BCUT2D eigenvalue weighted by molar-refractivity contribution is 5.51. The number of hydrogen-bond acceptors (Lipinski definition) is 1. The van der Waals surface area contributed by atoms with Gasteiger partial charge in [0, 0.05) is 17.5 Å². The van der Waals surface area contributed by atoms with Crippen LogP contribution in [0.2, 0.25) is 0 Å². The second kappa shape index (κ2) is 5.10. The van der Waals surface area contributed by atoms with E-state index in [-0.39, 0.29) is 16.2 Å². The Bertz CT molecular complexity index is 650. The summed E-state index contributed by atoms with van der Waals surface area (Å²) in [7, 11) is 2.36. The molecule has 1 nitrogen and oxygen atoms in total. The molecule has 0 N–H and O–H groups in total. The lowest BCUT2D eigenvalue weighted by Gasteiger charge is -2.72. The molecule has 134 valence electrons. The van der Waals surface area contributed by atoms with Gasteiger partial charge in [0.1, 0.15) is 0 Å². The van der Waals surface area contributed by atoms with Crippen LogP contribution in [0, 0.1) is 23.7 Å². The molecule has 0 amide bonds. The lowest BCUT2D eigenvalue weighted by atomic mass is 9.37. The van der Waals surface area contributed by atoms with Crippen molar-refractivity contribution in [2.24, 2.45) is 16.7 Å². The van der Waals surface area contributed by atoms with E-state index in [0.717, 1.165) is 0 Å². The average Bonchev–Trinajstić information content (AvgIpc) is 2.44. The lowest BCUT2D eigenvalue weighted by molar-refractivity contribution is -0.153. The third-order valence-corrected chi connectivity index (χ3v) is 8.09. The van der Waals surface area contributed by atoms with Crippen LogP contribution in [0.25, 0.3) is 0 Å². The molecule has 1 heterocycles. The van der Waals surface area contributed by atoms with Gasteiger partial charge in [-0.2, -0.15) is 0 Å². The van der Waals surface area contributed by atoms with Crippen molar-refractivity contribution < 1.29 is 0 Å². The molecule has 3 unspecified atom stereocenters. The first-order valence-electron chi connectivity index (χ1n) is 9.72. The maximum atomic E-state index is 2.69. The minimum absolute atomic E-state index is 0.184. The monoisotopic (exact) mass is 327 g/mol. The molecule has 24 heavy (non-hydrogen) atoms. The maximum absolute atomic E-state index is 2.69. The van der Waals surface area contributed by atoms with E-state index in [1.54, 1.807) is 11.1 Å². The van der Waals surface area contributed by atoms with Crippen LogP contribution in [0.1, 0.15) is 78.0 Å². The maximum Gasteiger partial charge on any atom is 0.0221 e.